The Hall–Kier alpha value is -3.23. The summed E-state index contributed by atoms with van der Waals surface area (Å²) in [5.41, 5.74) is 0.894. The monoisotopic (exact) mass is 485 g/mol. The van der Waals surface area contributed by atoms with Gasteiger partial charge >= 0.3 is 0 Å². The third kappa shape index (κ3) is 3.58. The lowest BCUT2D eigenvalue weighted by molar-refractivity contribution is 0.0486. The van der Waals surface area contributed by atoms with Crippen molar-refractivity contribution in [3.05, 3.63) is 62.5 Å². The molecule has 3 aromatic rings. The van der Waals surface area contributed by atoms with Crippen LogP contribution in [-0.4, -0.2) is 51.4 Å². The first-order valence-corrected chi connectivity index (χ1v) is 11.3. The second-order valence-corrected chi connectivity index (χ2v) is 8.70. The molecule has 8 nitrogen and oxygen atoms in total. The average molecular weight is 486 g/mol. The maximum Gasteiger partial charge on any atom is 0.291 e. The summed E-state index contributed by atoms with van der Waals surface area (Å²) in [5, 5.41) is 0.722. The van der Waals surface area contributed by atoms with Crippen LogP contribution in [0, 0.1) is 0 Å². The van der Waals surface area contributed by atoms with Crippen LogP contribution in [0.3, 0.4) is 0 Å². The summed E-state index contributed by atoms with van der Waals surface area (Å²) in [6.45, 7) is 0.967. The maximum atomic E-state index is 13.7. The molecule has 2 aromatic carbocycles. The molecule has 2 aliphatic rings. The number of halogens is 1. The number of nitrogens with zero attached hydrogens (tertiary/aromatic N) is 1. The fourth-order valence-electron chi connectivity index (χ4n) is 4.79. The van der Waals surface area contributed by atoms with Gasteiger partial charge in [0.25, 0.3) is 5.91 Å². The normalized spacial score (nSPS) is 19.5. The third-order valence-corrected chi connectivity index (χ3v) is 6.59. The quantitative estimate of drug-likeness (QED) is 0.517. The molecule has 178 valence electrons. The molecule has 9 heteroatoms. The van der Waals surface area contributed by atoms with E-state index in [0.29, 0.717) is 52.0 Å². The van der Waals surface area contributed by atoms with Crippen LogP contribution in [0.5, 0.6) is 17.2 Å². The molecule has 1 fully saturated rings. The fraction of sp³-hybridized carbons (Fsp3) is 0.360. The summed E-state index contributed by atoms with van der Waals surface area (Å²) in [6, 6.07) is 7.56. The van der Waals surface area contributed by atoms with Gasteiger partial charge in [-0.15, -0.1) is 0 Å². The van der Waals surface area contributed by atoms with E-state index in [9.17, 15) is 9.59 Å². The van der Waals surface area contributed by atoms with Crippen LogP contribution in [-0.2, 0) is 4.74 Å². The molecule has 2 atom stereocenters. The highest BCUT2D eigenvalue weighted by Gasteiger charge is 2.44. The standard InChI is InChI=1S/C25H24ClNO7/c1-30-18-9-13(10-19(31-2)23(18)32-3)21-20-22(28)16-11-14(26)6-7-17(16)34-24(20)25(29)27(21)12-15-5-4-8-33-15/h6-7,9-11,15,21H,4-5,8,12H2,1-3H3/t15-,21+/m1/s1. The SMILES string of the molecule is COc1cc([C@H]2c3c(oc4ccc(Cl)cc4c3=O)C(=O)N2C[C@H]2CCCO2)cc(OC)c1OC. The average Bonchev–Trinajstić information content (AvgIpc) is 3.46. The molecule has 1 aromatic heterocycles. The predicted molar refractivity (Wildman–Crippen MR) is 125 cm³/mol. The van der Waals surface area contributed by atoms with Crippen molar-refractivity contribution in [2.24, 2.45) is 0 Å². The zero-order valence-corrected chi connectivity index (χ0v) is 19.8. The number of hydrogen-bond acceptors (Lipinski definition) is 7. The Morgan fingerprint density at radius 1 is 1.06 bits per heavy atom. The van der Waals surface area contributed by atoms with Crippen molar-refractivity contribution < 1.29 is 28.2 Å². The van der Waals surface area contributed by atoms with E-state index in [2.05, 4.69) is 0 Å². The van der Waals surface area contributed by atoms with Crippen molar-refractivity contribution in [1.82, 2.24) is 4.90 Å². The molecule has 1 saturated heterocycles. The van der Waals surface area contributed by atoms with Crippen molar-refractivity contribution in [2.45, 2.75) is 25.0 Å². The van der Waals surface area contributed by atoms with Gasteiger partial charge in [0.05, 0.1) is 44.4 Å². The Labute approximate surface area is 200 Å². The Morgan fingerprint density at radius 2 is 1.79 bits per heavy atom. The maximum absolute atomic E-state index is 13.7. The third-order valence-electron chi connectivity index (χ3n) is 6.35. The lowest BCUT2D eigenvalue weighted by atomic mass is 9.97. The summed E-state index contributed by atoms with van der Waals surface area (Å²) in [5.74, 6) is 0.919. The highest BCUT2D eigenvalue weighted by atomic mass is 35.5. The molecule has 0 bridgehead atoms. The number of amides is 1. The predicted octanol–water partition coefficient (Wildman–Crippen LogP) is 4.20. The van der Waals surface area contributed by atoms with Crippen molar-refractivity contribution >= 4 is 28.5 Å². The summed E-state index contributed by atoms with van der Waals surface area (Å²) in [4.78, 5) is 28.9. The molecule has 0 aliphatic carbocycles. The van der Waals surface area contributed by atoms with Gasteiger partial charge in [-0.2, -0.15) is 0 Å². The number of fused-ring (bicyclic) bond motifs is 2. The van der Waals surface area contributed by atoms with E-state index in [1.807, 2.05) is 0 Å². The molecular weight excluding hydrogens is 462 g/mol. The van der Waals surface area contributed by atoms with Gasteiger partial charge in [-0.05, 0) is 48.7 Å². The molecule has 1 amide bonds. The second-order valence-electron chi connectivity index (χ2n) is 8.27. The summed E-state index contributed by atoms with van der Waals surface area (Å²) in [6.07, 6.45) is 1.64. The minimum Gasteiger partial charge on any atom is -0.493 e. The van der Waals surface area contributed by atoms with Gasteiger partial charge in [0, 0.05) is 18.2 Å². The minimum atomic E-state index is -0.722. The van der Waals surface area contributed by atoms with Crippen molar-refractivity contribution in [3.63, 3.8) is 0 Å². The first-order valence-electron chi connectivity index (χ1n) is 11.0. The van der Waals surface area contributed by atoms with Gasteiger partial charge in [-0.25, -0.2) is 0 Å². The zero-order chi connectivity index (χ0) is 24.0. The van der Waals surface area contributed by atoms with E-state index in [4.69, 9.17) is 35.0 Å². The second kappa shape index (κ2) is 8.85. The van der Waals surface area contributed by atoms with E-state index < -0.39 is 6.04 Å². The number of hydrogen-bond donors (Lipinski definition) is 0. The Bertz CT molecular complexity index is 1300. The van der Waals surface area contributed by atoms with Crippen molar-refractivity contribution in [1.29, 1.82) is 0 Å². The molecule has 0 N–H and O–H groups in total. The summed E-state index contributed by atoms with van der Waals surface area (Å²) < 4.78 is 28.3. The van der Waals surface area contributed by atoms with Gasteiger partial charge < -0.3 is 28.3 Å². The van der Waals surface area contributed by atoms with Crippen LogP contribution in [0.1, 0.15) is 40.6 Å². The molecule has 0 spiro atoms. The highest BCUT2D eigenvalue weighted by molar-refractivity contribution is 6.31. The van der Waals surface area contributed by atoms with Crippen LogP contribution in [0.4, 0.5) is 0 Å². The van der Waals surface area contributed by atoms with E-state index in [1.54, 1.807) is 35.2 Å². The van der Waals surface area contributed by atoms with Crippen LogP contribution in [0.2, 0.25) is 5.02 Å². The number of carbonyl (C=O) groups is 1. The van der Waals surface area contributed by atoms with E-state index >= 15 is 0 Å². The van der Waals surface area contributed by atoms with Crippen LogP contribution in [0.15, 0.2) is 39.5 Å². The first kappa shape index (κ1) is 22.6. The topological polar surface area (TPSA) is 87.4 Å². The minimum absolute atomic E-state index is 0.0246. The van der Waals surface area contributed by atoms with Crippen molar-refractivity contribution in [3.8, 4) is 17.2 Å². The Balaban J connectivity index is 1.75. The van der Waals surface area contributed by atoms with Crippen LogP contribution in [0.25, 0.3) is 11.0 Å². The van der Waals surface area contributed by atoms with E-state index in [-0.39, 0.29) is 28.8 Å². The Morgan fingerprint density at radius 3 is 2.41 bits per heavy atom. The van der Waals surface area contributed by atoms with Gasteiger partial charge in [-0.3, -0.25) is 9.59 Å². The molecular formula is C25H24ClNO7. The van der Waals surface area contributed by atoms with Gasteiger partial charge in [0.2, 0.25) is 11.5 Å². The molecule has 5 rings (SSSR count). The molecule has 34 heavy (non-hydrogen) atoms. The number of benzene rings is 2. The van der Waals surface area contributed by atoms with Crippen LogP contribution < -0.4 is 19.6 Å². The lowest BCUT2D eigenvalue weighted by Gasteiger charge is -2.28. The number of rotatable bonds is 6. The summed E-state index contributed by atoms with van der Waals surface area (Å²) in [7, 11) is 4.55. The molecule has 2 aliphatic heterocycles. The highest BCUT2D eigenvalue weighted by Crippen LogP contribution is 2.45. The van der Waals surface area contributed by atoms with Crippen molar-refractivity contribution in [2.75, 3.05) is 34.5 Å². The van der Waals surface area contributed by atoms with E-state index in [0.717, 1.165) is 12.8 Å². The van der Waals surface area contributed by atoms with E-state index in [1.165, 1.54) is 21.3 Å². The first-order chi connectivity index (χ1) is 16.5. The summed E-state index contributed by atoms with van der Waals surface area (Å²) >= 11 is 6.16. The number of ether oxygens (including phenoxy) is 4. The molecule has 3 heterocycles. The number of carbonyl (C=O) groups excluding carboxylic acids is 1. The van der Waals surface area contributed by atoms with Gasteiger partial charge in [-0.1, -0.05) is 11.6 Å². The smallest absolute Gasteiger partial charge is 0.291 e. The largest absolute Gasteiger partial charge is 0.493 e. The lowest BCUT2D eigenvalue weighted by Crippen LogP contribution is -2.36. The Kier molecular flexibility index (Phi) is 5.87. The molecule has 0 radical (unpaired) electrons. The van der Waals surface area contributed by atoms with Gasteiger partial charge in [0.1, 0.15) is 5.58 Å². The number of methoxy groups -OCH3 is 3. The van der Waals surface area contributed by atoms with Gasteiger partial charge in [0.15, 0.2) is 16.9 Å². The zero-order valence-electron chi connectivity index (χ0n) is 19.1. The van der Waals surface area contributed by atoms with Crippen LogP contribution >= 0.6 is 11.6 Å². The fourth-order valence-corrected chi connectivity index (χ4v) is 4.97. The molecule has 0 unspecified atom stereocenters. The molecule has 0 saturated carbocycles.